The number of thiazole rings is 1. The summed E-state index contributed by atoms with van der Waals surface area (Å²) in [4.78, 5) is 26.1. The van der Waals surface area contributed by atoms with E-state index in [1.807, 2.05) is 10.2 Å². The molecule has 12 heteroatoms. The minimum Gasteiger partial charge on any atom is -0.371 e. The first-order valence-corrected chi connectivity index (χ1v) is 11.0. The molecule has 0 radical (unpaired) electrons. The largest absolute Gasteiger partial charge is 0.413 e. The van der Waals surface area contributed by atoms with Crippen LogP contribution in [0.3, 0.4) is 0 Å². The molecular weight excluding hydrogens is 460 g/mol. The zero-order valence-corrected chi connectivity index (χ0v) is 18.0. The van der Waals surface area contributed by atoms with Gasteiger partial charge in [-0.2, -0.15) is 13.2 Å². The first-order chi connectivity index (χ1) is 15.8. The van der Waals surface area contributed by atoms with Crippen LogP contribution in [0.25, 0.3) is 0 Å². The zero-order valence-electron chi connectivity index (χ0n) is 17.2. The van der Waals surface area contributed by atoms with Crippen molar-refractivity contribution in [2.24, 2.45) is 0 Å². The third kappa shape index (κ3) is 5.75. The van der Waals surface area contributed by atoms with Crippen molar-refractivity contribution in [2.75, 3.05) is 23.3 Å². The van der Waals surface area contributed by atoms with Crippen LogP contribution >= 0.6 is 11.3 Å². The number of hydrogen-bond donors (Lipinski definition) is 2. The van der Waals surface area contributed by atoms with E-state index in [1.165, 1.54) is 24.5 Å². The minimum absolute atomic E-state index is 0.0208. The monoisotopic (exact) mass is 480 g/mol. The van der Waals surface area contributed by atoms with E-state index in [9.17, 15) is 22.4 Å². The Kier molecular flexibility index (Phi) is 6.72. The van der Waals surface area contributed by atoms with Crippen LogP contribution in [0.15, 0.2) is 49.1 Å². The molecule has 2 N–H and O–H groups in total. The fraction of sp³-hybridized carbons (Fsp3) is 0.333. The van der Waals surface area contributed by atoms with E-state index < -0.39 is 24.3 Å². The summed E-state index contributed by atoms with van der Waals surface area (Å²) >= 11 is 0.766. The maximum Gasteiger partial charge on any atom is 0.413 e. The van der Waals surface area contributed by atoms with Gasteiger partial charge in [-0.1, -0.05) is 11.3 Å². The molecule has 7 nitrogen and oxygen atoms in total. The molecule has 1 saturated heterocycles. The van der Waals surface area contributed by atoms with E-state index in [4.69, 9.17) is 0 Å². The zero-order chi connectivity index (χ0) is 23.4. The lowest BCUT2D eigenvalue weighted by Gasteiger charge is -2.30. The molecule has 4 rings (SSSR count). The van der Waals surface area contributed by atoms with Gasteiger partial charge in [-0.25, -0.2) is 14.4 Å². The SMILES string of the molecule is O=C(NC(c1cnc(Nc2cc(N3CCC(F)CC3)ccn2)s1)C(F)(F)F)c1cccnc1. The second-order valence-corrected chi connectivity index (χ2v) is 8.51. The number of amides is 1. The van der Waals surface area contributed by atoms with Crippen LogP contribution in [0.1, 0.15) is 34.1 Å². The molecule has 1 unspecified atom stereocenters. The minimum atomic E-state index is -4.72. The van der Waals surface area contributed by atoms with Gasteiger partial charge in [0.25, 0.3) is 5.91 Å². The molecule has 0 aliphatic carbocycles. The third-order valence-corrected chi connectivity index (χ3v) is 6.08. The van der Waals surface area contributed by atoms with Gasteiger partial charge in [-0.15, -0.1) is 0 Å². The fourth-order valence-electron chi connectivity index (χ4n) is 3.40. The molecule has 33 heavy (non-hydrogen) atoms. The number of nitrogens with one attached hydrogen (secondary N) is 2. The van der Waals surface area contributed by atoms with E-state index in [-0.39, 0.29) is 15.6 Å². The second kappa shape index (κ2) is 9.69. The summed E-state index contributed by atoms with van der Waals surface area (Å²) in [6.07, 6.45) is 0.639. The van der Waals surface area contributed by atoms with E-state index in [0.29, 0.717) is 31.7 Å². The van der Waals surface area contributed by atoms with Crippen molar-refractivity contribution >= 4 is 33.9 Å². The van der Waals surface area contributed by atoms with Gasteiger partial charge in [0.15, 0.2) is 11.2 Å². The number of anilines is 3. The summed E-state index contributed by atoms with van der Waals surface area (Å²) in [7, 11) is 0. The molecule has 1 aliphatic rings. The van der Waals surface area contributed by atoms with E-state index in [2.05, 4.69) is 20.3 Å². The Morgan fingerprint density at radius 1 is 1.15 bits per heavy atom. The number of carbonyl (C=O) groups is 1. The standard InChI is InChI=1S/C21H20F4N6OS/c22-14-4-8-31(9-5-14)15-3-7-27-17(10-15)29-20-28-12-16(33-20)18(21(23,24)25)30-19(32)13-2-1-6-26-11-13/h1-3,6-7,10-12,14,18H,4-5,8-9H2,(H,30,32)(H,27,28,29). The molecule has 1 aliphatic heterocycles. The average molecular weight is 480 g/mol. The molecule has 4 heterocycles. The second-order valence-electron chi connectivity index (χ2n) is 7.44. The average Bonchev–Trinajstić information content (AvgIpc) is 3.25. The van der Waals surface area contributed by atoms with Crippen molar-refractivity contribution < 1.29 is 22.4 Å². The van der Waals surface area contributed by atoms with Crippen LogP contribution in [0.4, 0.5) is 34.2 Å². The highest BCUT2D eigenvalue weighted by atomic mass is 32.1. The topological polar surface area (TPSA) is 83.0 Å². The van der Waals surface area contributed by atoms with E-state index in [0.717, 1.165) is 23.2 Å². The predicted molar refractivity (Wildman–Crippen MR) is 116 cm³/mol. The van der Waals surface area contributed by atoms with Gasteiger partial charge in [0.2, 0.25) is 0 Å². The number of hydrogen-bond acceptors (Lipinski definition) is 7. The summed E-state index contributed by atoms with van der Waals surface area (Å²) in [6.45, 7) is 1.16. The van der Waals surface area contributed by atoms with Gasteiger partial charge >= 0.3 is 6.18 Å². The molecular formula is C21H20F4N6OS. The first-order valence-electron chi connectivity index (χ1n) is 10.1. The molecule has 0 aromatic carbocycles. The summed E-state index contributed by atoms with van der Waals surface area (Å²) in [6, 6.07) is 4.16. The Morgan fingerprint density at radius 3 is 2.64 bits per heavy atom. The van der Waals surface area contributed by atoms with Crippen molar-refractivity contribution in [1.29, 1.82) is 0 Å². The smallest absolute Gasteiger partial charge is 0.371 e. The number of aromatic nitrogens is 3. The number of halogens is 4. The third-order valence-electron chi connectivity index (χ3n) is 5.10. The van der Waals surface area contributed by atoms with Gasteiger partial charge in [-0.3, -0.25) is 9.78 Å². The number of rotatable bonds is 6. The Hall–Kier alpha value is -3.28. The Morgan fingerprint density at radius 2 is 1.94 bits per heavy atom. The van der Waals surface area contributed by atoms with E-state index in [1.54, 1.807) is 18.3 Å². The number of alkyl halides is 4. The summed E-state index contributed by atoms with van der Waals surface area (Å²) < 4.78 is 54.5. The predicted octanol–water partition coefficient (Wildman–Crippen LogP) is 4.65. The molecule has 174 valence electrons. The van der Waals surface area contributed by atoms with Gasteiger partial charge in [0.05, 0.1) is 10.4 Å². The lowest BCUT2D eigenvalue weighted by Crippen LogP contribution is -2.37. The molecule has 1 fully saturated rings. The Bertz CT molecular complexity index is 1090. The van der Waals surface area contributed by atoms with Crippen LogP contribution in [0.5, 0.6) is 0 Å². The number of pyridine rings is 2. The van der Waals surface area contributed by atoms with Crippen LogP contribution in [-0.4, -0.2) is 46.3 Å². The molecule has 0 bridgehead atoms. The highest BCUT2D eigenvalue weighted by Gasteiger charge is 2.43. The maximum absolute atomic E-state index is 13.7. The lowest BCUT2D eigenvalue weighted by atomic mass is 10.1. The maximum atomic E-state index is 13.7. The van der Waals surface area contributed by atoms with Gasteiger partial charge in [0, 0.05) is 49.6 Å². The first kappa shape index (κ1) is 22.9. The highest BCUT2D eigenvalue weighted by molar-refractivity contribution is 7.15. The Balaban J connectivity index is 1.48. The van der Waals surface area contributed by atoms with Crippen molar-refractivity contribution in [3.63, 3.8) is 0 Å². The number of nitrogens with zero attached hydrogens (tertiary/aromatic N) is 4. The molecule has 1 amide bonds. The molecule has 0 saturated carbocycles. The van der Waals surface area contributed by atoms with Crippen molar-refractivity contribution in [3.8, 4) is 0 Å². The van der Waals surface area contributed by atoms with Crippen LogP contribution in [0.2, 0.25) is 0 Å². The van der Waals surface area contributed by atoms with Crippen LogP contribution in [-0.2, 0) is 0 Å². The fourth-order valence-corrected chi connectivity index (χ4v) is 4.30. The van der Waals surface area contributed by atoms with Gasteiger partial charge in [-0.05, 0) is 31.0 Å². The summed E-state index contributed by atoms with van der Waals surface area (Å²) in [5.41, 5.74) is 0.862. The molecule has 3 aromatic heterocycles. The normalized spacial score (nSPS) is 15.8. The number of carbonyl (C=O) groups excluding carboxylic acids is 1. The highest BCUT2D eigenvalue weighted by Crippen LogP contribution is 2.37. The van der Waals surface area contributed by atoms with Gasteiger partial charge in [0.1, 0.15) is 12.0 Å². The van der Waals surface area contributed by atoms with Crippen LogP contribution in [0, 0.1) is 0 Å². The molecule has 3 aromatic rings. The molecule has 0 spiro atoms. The summed E-state index contributed by atoms with van der Waals surface area (Å²) in [5, 5.41) is 5.11. The van der Waals surface area contributed by atoms with E-state index >= 15 is 0 Å². The summed E-state index contributed by atoms with van der Waals surface area (Å²) in [5.74, 6) is -0.488. The van der Waals surface area contributed by atoms with Crippen molar-refractivity contribution in [3.05, 3.63) is 59.5 Å². The van der Waals surface area contributed by atoms with Crippen LogP contribution < -0.4 is 15.5 Å². The number of piperidine rings is 1. The molecule has 1 atom stereocenters. The van der Waals surface area contributed by atoms with Gasteiger partial charge < -0.3 is 15.5 Å². The lowest BCUT2D eigenvalue weighted by molar-refractivity contribution is -0.154. The van der Waals surface area contributed by atoms with Crippen molar-refractivity contribution in [2.45, 2.75) is 31.2 Å². The Labute approximate surface area is 190 Å². The quantitative estimate of drug-likeness (QED) is 0.500. The van der Waals surface area contributed by atoms with Crippen molar-refractivity contribution in [1.82, 2.24) is 20.3 Å².